The molecule has 1 aliphatic heterocycles. The van der Waals surface area contributed by atoms with Crippen LogP contribution in [0, 0.1) is 4.77 Å². The van der Waals surface area contributed by atoms with Crippen LogP contribution in [-0.4, -0.2) is 38.7 Å². The number of carbonyl (C=O) groups is 1. The van der Waals surface area contributed by atoms with Crippen molar-refractivity contribution < 1.29 is 4.79 Å². The number of nitrogens with one attached hydrogen (secondary N) is 1. The van der Waals surface area contributed by atoms with Crippen LogP contribution >= 0.6 is 23.6 Å². The van der Waals surface area contributed by atoms with Crippen LogP contribution in [0.5, 0.6) is 0 Å². The van der Waals surface area contributed by atoms with Gasteiger partial charge in [-0.2, -0.15) is 5.10 Å². The minimum Gasteiger partial charge on any atom is -0.337 e. The third-order valence-electron chi connectivity index (χ3n) is 4.50. The van der Waals surface area contributed by atoms with Crippen LogP contribution in [0.25, 0.3) is 16.3 Å². The highest BCUT2D eigenvalue weighted by molar-refractivity contribution is 7.71. The van der Waals surface area contributed by atoms with Crippen molar-refractivity contribution in [3.8, 4) is 10.7 Å². The summed E-state index contributed by atoms with van der Waals surface area (Å²) >= 11 is 6.90. The minimum absolute atomic E-state index is 0.0590. The van der Waals surface area contributed by atoms with Gasteiger partial charge in [-0.25, -0.2) is 0 Å². The molecule has 1 amide bonds. The zero-order valence-corrected chi connectivity index (χ0v) is 15.7. The van der Waals surface area contributed by atoms with E-state index in [1.54, 1.807) is 15.9 Å². The summed E-state index contributed by atoms with van der Waals surface area (Å²) in [6, 6.07) is 14.3. The van der Waals surface area contributed by atoms with E-state index in [0.29, 0.717) is 11.3 Å². The highest BCUT2D eigenvalue weighted by Gasteiger charge is 2.20. The molecule has 0 saturated heterocycles. The SMILES string of the molecule is O=C(Cn1c(-c2cccs2)n[nH]c1=S)N1CC=C(c2ccccc2)CC1. The molecule has 3 aromatic rings. The molecule has 0 fully saturated rings. The van der Waals surface area contributed by atoms with E-state index in [1.807, 2.05) is 40.6 Å². The van der Waals surface area contributed by atoms with Crippen LogP contribution in [0.15, 0.2) is 53.9 Å². The van der Waals surface area contributed by atoms with Crippen LogP contribution in [0.2, 0.25) is 0 Å². The Labute approximate surface area is 160 Å². The first-order valence-electron chi connectivity index (χ1n) is 8.43. The van der Waals surface area contributed by atoms with Crippen LogP contribution in [0.1, 0.15) is 12.0 Å². The molecule has 0 unspecified atom stereocenters. The summed E-state index contributed by atoms with van der Waals surface area (Å²) in [7, 11) is 0. The van der Waals surface area contributed by atoms with Crippen molar-refractivity contribution in [3.63, 3.8) is 0 Å². The van der Waals surface area contributed by atoms with Crippen molar-refractivity contribution in [2.45, 2.75) is 13.0 Å². The number of benzene rings is 1. The number of hydrogen-bond acceptors (Lipinski definition) is 4. The van der Waals surface area contributed by atoms with Gasteiger partial charge in [-0.05, 0) is 41.2 Å². The van der Waals surface area contributed by atoms with Gasteiger partial charge in [-0.15, -0.1) is 11.3 Å². The van der Waals surface area contributed by atoms with Gasteiger partial charge in [0.25, 0.3) is 0 Å². The molecule has 132 valence electrons. The monoisotopic (exact) mass is 382 g/mol. The summed E-state index contributed by atoms with van der Waals surface area (Å²) in [5, 5.41) is 9.07. The quantitative estimate of drug-likeness (QED) is 0.694. The van der Waals surface area contributed by atoms with Gasteiger partial charge in [0.1, 0.15) is 6.54 Å². The smallest absolute Gasteiger partial charge is 0.242 e. The first-order chi connectivity index (χ1) is 12.7. The summed E-state index contributed by atoms with van der Waals surface area (Å²) in [6.07, 6.45) is 3.01. The third-order valence-corrected chi connectivity index (χ3v) is 5.68. The summed E-state index contributed by atoms with van der Waals surface area (Å²) < 4.78 is 2.25. The van der Waals surface area contributed by atoms with Crippen LogP contribution in [-0.2, 0) is 11.3 Å². The van der Waals surface area contributed by atoms with E-state index < -0.39 is 0 Å². The summed E-state index contributed by atoms with van der Waals surface area (Å²) in [4.78, 5) is 15.6. The van der Waals surface area contributed by atoms with Crippen LogP contribution in [0.4, 0.5) is 0 Å². The van der Waals surface area contributed by atoms with Gasteiger partial charge in [0.2, 0.25) is 5.91 Å². The fourth-order valence-corrected chi connectivity index (χ4v) is 4.02. The zero-order valence-electron chi connectivity index (χ0n) is 14.1. The zero-order chi connectivity index (χ0) is 17.9. The Morgan fingerprint density at radius 2 is 2.08 bits per heavy atom. The molecule has 0 atom stereocenters. The number of nitrogens with zero attached hydrogens (tertiary/aromatic N) is 3. The molecule has 7 heteroatoms. The van der Waals surface area contributed by atoms with Crippen molar-refractivity contribution in [2.75, 3.05) is 13.1 Å². The Bertz CT molecular complexity index is 986. The molecule has 1 aliphatic rings. The van der Waals surface area contributed by atoms with Gasteiger partial charge in [0, 0.05) is 13.1 Å². The van der Waals surface area contributed by atoms with Crippen molar-refractivity contribution >= 4 is 35.0 Å². The number of aromatic amines is 1. The number of carbonyl (C=O) groups excluding carboxylic acids is 1. The van der Waals surface area contributed by atoms with E-state index in [1.165, 1.54) is 11.1 Å². The first-order valence-corrected chi connectivity index (χ1v) is 9.72. The molecule has 0 saturated carbocycles. The van der Waals surface area contributed by atoms with Gasteiger partial charge in [-0.1, -0.05) is 42.5 Å². The van der Waals surface area contributed by atoms with Gasteiger partial charge in [0.15, 0.2) is 10.6 Å². The molecule has 2 aromatic heterocycles. The highest BCUT2D eigenvalue weighted by Crippen LogP contribution is 2.24. The second-order valence-electron chi connectivity index (χ2n) is 6.10. The maximum atomic E-state index is 12.8. The molecule has 0 spiro atoms. The molecule has 1 N–H and O–H groups in total. The Hall–Kier alpha value is -2.51. The normalized spacial score (nSPS) is 14.3. The molecule has 5 nitrogen and oxygen atoms in total. The molecule has 0 aliphatic carbocycles. The average molecular weight is 383 g/mol. The number of H-pyrrole nitrogens is 1. The molecular weight excluding hydrogens is 364 g/mol. The van der Waals surface area contributed by atoms with E-state index in [4.69, 9.17) is 12.2 Å². The predicted octanol–water partition coefficient (Wildman–Crippen LogP) is 3.99. The molecule has 3 heterocycles. The predicted molar refractivity (Wildman–Crippen MR) is 106 cm³/mol. The first kappa shape index (κ1) is 16.9. The van der Waals surface area contributed by atoms with Gasteiger partial charge in [0.05, 0.1) is 4.88 Å². The lowest BCUT2D eigenvalue weighted by molar-refractivity contribution is -0.131. The van der Waals surface area contributed by atoms with Crippen molar-refractivity contribution in [3.05, 3.63) is 64.3 Å². The fourth-order valence-electron chi connectivity index (χ4n) is 3.10. The Balaban J connectivity index is 1.48. The number of rotatable bonds is 4. The summed E-state index contributed by atoms with van der Waals surface area (Å²) in [5.41, 5.74) is 2.53. The molecule has 0 radical (unpaired) electrons. The molecule has 0 bridgehead atoms. The van der Waals surface area contributed by atoms with Crippen molar-refractivity contribution in [2.24, 2.45) is 0 Å². The molecule has 1 aromatic carbocycles. The van der Waals surface area contributed by atoms with Gasteiger partial charge >= 0.3 is 0 Å². The number of aromatic nitrogens is 3. The second-order valence-corrected chi connectivity index (χ2v) is 7.44. The van der Waals surface area contributed by atoms with E-state index in [0.717, 1.165) is 23.7 Å². The average Bonchev–Trinajstić information content (AvgIpc) is 3.33. The summed E-state index contributed by atoms with van der Waals surface area (Å²) in [6.45, 7) is 1.55. The Morgan fingerprint density at radius 1 is 1.23 bits per heavy atom. The third kappa shape index (κ3) is 3.40. The fraction of sp³-hybridized carbons (Fsp3) is 0.211. The molecular formula is C19H18N4OS2. The van der Waals surface area contributed by atoms with Gasteiger partial charge < -0.3 is 4.90 Å². The maximum absolute atomic E-state index is 12.8. The van der Waals surface area contributed by atoms with Gasteiger partial charge in [-0.3, -0.25) is 14.5 Å². The lowest BCUT2D eigenvalue weighted by atomic mass is 9.99. The lowest BCUT2D eigenvalue weighted by Gasteiger charge is -2.27. The largest absolute Gasteiger partial charge is 0.337 e. The van der Waals surface area contributed by atoms with Crippen molar-refractivity contribution in [1.29, 1.82) is 0 Å². The van der Waals surface area contributed by atoms with E-state index in [-0.39, 0.29) is 12.5 Å². The Kier molecular flexibility index (Phi) is 4.81. The van der Waals surface area contributed by atoms with E-state index in [2.05, 4.69) is 28.4 Å². The topological polar surface area (TPSA) is 53.9 Å². The molecule has 4 rings (SSSR count). The van der Waals surface area contributed by atoms with E-state index >= 15 is 0 Å². The second kappa shape index (κ2) is 7.39. The number of amides is 1. The van der Waals surface area contributed by atoms with Crippen LogP contribution < -0.4 is 0 Å². The highest BCUT2D eigenvalue weighted by atomic mass is 32.1. The standard InChI is InChI=1S/C19H18N4OS2/c24-17(13-23-18(20-21-19(23)25)16-7-4-12-26-16)22-10-8-15(9-11-22)14-5-2-1-3-6-14/h1-8,12H,9-11,13H2,(H,21,25). The number of hydrogen-bond donors (Lipinski definition) is 1. The minimum atomic E-state index is 0.0590. The summed E-state index contributed by atoms with van der Waals surface area (Å²) in [5.74, 6) is 0.777. The lowest BCUT2D eigenvalue weighted by Crippen LogP contribution is -2.37. The number of thiophene rings is 1. The van der Waals surface area contributed by atoms with Crippen LogP contribution in [0.3, 0.4) is 0 Å². The Morgan fingerprint density at radius 3 is 2.77 bits per heavy atom. The van der Waals surface area contributed by atoms with E-state index in [9.17, 15) is 4.79 Å². The molecule has 26 heavy (non-hydrogen) atoms. The maximum Gasteiger partial charge on any atom is 0.242 e. The van der Waals surface area contributed by atoms with Crippen molar-refractivity contribution in [1.82, 2.24) is 19.7 Å².